The van der Waals surface area contributed by atoms with Crippen LogP contribution in [-0.2, 0) is 67.2 Å². The lowest BCUT2D eigenvalue weighted by molar-refractivity contribution is -0.149. The number of ether oxygens (including phenoxy) is 6. The zero-order chi connectivity index (χ0) is 47.2. The highest BCUT2D eigenvalue weighted by molar-refractivity contribution is 5.87. The van der Waals surface area contributed by atoms with Gasteiger partial charge in [-0.05, 0) is 58.9 Å². The molecule has 0 spiro atoms. The second-order valence-corrected chi connectivity index (χ2v) is 14.6. The second-order valence-electron chi connectivity index (χ2n) is 14.6. The Labute approximate surface area is 366 Å². The van der Waals surface area contributed by atoms with Crippen molar-refractivity contribution in [1.29, 1.82) is 0 Å². The molecule has 0 bridgehead atoms. The molecule has 0 aromatic carbocycles. The van der Waals surface area contributed by atoms with Gasteiger partial charge in [0.25, 0.3) is 0 Å². The number of amides is 2. The van der Waals surface area contributed by atoms with E-state index in [-0.39, 0.29) is 70.3 Å². The van der Waals surface area contributed by atoms with Gasteiger partial charge in [-0.1, -0.05) is 58.3 Å². The molecule has 354 valence electrons. The summed E-state index contributed by atoms with van der Waals surface area (Å²) in [5, 5.41) is 5.17. The quantitative estimate of drug-likeness (QED) is 0.0396. The predicted octanol–water partition coefficient (Wildman–Crippen LogP) is 2.53. The average molecular weight is 895 g/mol. The Bertz CT molecular complexity index is 1870. The van der Waals surface area contributed by atoms with Crippen LogP contribution in [-0.4, -0.2) is 108 Å². The SMILES string of the molecule is C=CC(=O)OCC(COC(=O)C(=C)C)OC(=O)NCCCCCCn1c(=O)n(CCCCCCN)c(=O)n(CCCCCCNC(=O)OC(COC(C)=O)COC(=O)C(=C)C)c1=O. The van der Waals surface area contributed by atoms with Crippen molar-refractivity contribution in [3.05, 3.63) is 68.4 Å². The third kappa shape index (κ3) is 23.7. The summed E-state index contributed by atoms with van der Waals surface area (Å²) in [5.41, 5.74) is 3.84. The molecule has 1 aromatic heterocycles. The van der Waals surface area contributed by atoms with Crippen molar-refractivity contribution in [2.24, 2.45) is 5.73 Å². The minimum absolute atomic E-state index is 0.0778. The van der Waals surface area contributed by atoms with Gasteiger partial charge in [-0.2, -0.15) is 0 Å². The summed E-state index contributed by atoms with van der Waals surface area (Å²) in [4.78, 5) is 111. The highest BCUT2D eigenvalue weighted by Gasteiger charge is 2.21. The lowest BCUT2D eigenvalue weighted by atomic mass is 10.2. The zero-order valence-corrected chi connectivity index (χ0v) is 37.0. The number of nitrogens with two attached hydrogens (primary N) is 1. The maximum absolute atomic E-state index is 13.5. The van der Waals surface area contributed by atoms with E-state index >= 15 is 0 Å². The average Bonchev–Trinajstić information content (AvgIpc) is 3.24. The summed E-state index contributed by atoms with van der Waals surface area (Å²) < 4.78 is 33.6. The molecule has 1 rings (SSSR count). The molecule has 0 aliphatic carbocycles. The van der Waals surface area contributed by atoms with Crippen molar-refractivity contribution >= 4 is 36.1 Å². The Kier molecular flexibility index (Phi) is 27.8. The van der Waals surface area contributed by atoms with Crippen molar-refractivity contribution < 1.29 is 57.2 Å². The molecule has 2 unspecified atom stereocenters. The predicted molar refractivity (Wildman–Crippen MR) is 230 cm³/mol. The van der Waals surface area contributed by atoms with Crippen LogP contribution in [0.15, 0.2) is 51.3 Å². The van der Waals surface area contributed by atoms with Gasteiger partial charge < -0.3 is 44.8 Å². The smallest absolute Gasteiger partial charge is 0.407 e. The highest BCUT2D eigenvalue weighted by atomic mass is 16.6. The van der Waals surface area contributed by atoms with E-state index in [1.54, 1.807) is 0 Å². The number of carbonyl (C=O) groups is 6. The van der Waals surface area contributed by atoms with Crippen LogP contribution in [0, 0.1) is 0 Å². The monoisotopic (exact) mass is 894 g/mol. The number of esters is 4. The van der Waals surface area contributed by atoms with Crippen LogP contribution >= 0.6 is 0 Å². The van der Waals surface area contributed by atoms with Gasteiger partial charge in [-0.15, -0.1) is 0 Å². The minimum atomic E-state index is -1.08. The third-order valence-corrected chi connectivity index (χ3v) is 8.97. The first-order chi connectivity index (χ1) is 30.0. The molecule has 0 radical (unpaired) electrons. The fourth-order valence-corrected chi connectivity index (χ4v) is 5.55. The molecule has 1 aromatic rings. The third-order valence-electron chi connectivity index (χ3n) is 8.97. The van der Waals surface area contributed by atoms with E-state index < -0.39 is 65.3 Å². The van der Waals surface area contributed by atoms with Crippen LogP contribution in [0.5, 0.6) is 0 Å². The normalized spacial score (nSPS) is 11.6. The van der Waals surface area contributed by atoms with Crippen molar-refractivity contribution in [3.63, 3.8) is 0 Å². The number of alkyl carbamates (subject to hydrolysis) is 2. The van der Waals surface area contributed by atoms with E-state index in [1.807, 2.05) is 0 Å². The second kappa shape index (κ2) is 31.8. The van der Waals surface area contributed by atoms with Crippen LogP contribution in [0.4, 0.5) is 9.59 Å². The van der Waals surface area contributed by atoms with E-state index in [4.69, 9.17) is 34.2 Å². The van der Waals surface area contributed by atoms with Crippen LogP contribution < -0.4 is 33.4 Å². The number of rotatable bonds is 33. The van der Waals surface area contributed by atoms with Crippen molar-refractivity contribution in [2.75, 3.05) is 46.1 Å². The van der Waals surface area contributed by atoms with Crippen LogP contribution in [0.1, 0.15) is 97.8 Å². The Morgan fingerprint density at radius 2 is 0.905 bits per heavy atom. The first-order valence-corrected chi connectivity index (χ1v) is 21.1. The van der Waals surface area contributed by atoms with E-state index in [0.717, 1.165) is 39.0 Å². The molecule has 4 N–H and O–H groups in total. The van der Waals surface area contributed by atoms with E-state index in [1.165, 1.54) is 20.8 Å². The number of hydrogen-bond acceptors (Lipinski definition) is 16. The maximum Gasteiger partial charge on any atom is 0.407 e. The molecule has 21 heteroatoms. The summed E-state index contributed by atoms with van der Waals surface area (Å²) in [6.07, 6.45) is 4.56. The minimum Gasteiger partial charge on any atom is -0.462 e. The Morgan fingerprint density at radius 3 is 1.25 bits per heavy atom. The standard InChI is InChI=1S/C42H66N6O15/c1-7-35(50)59-27-34(29-61-37(52)31(4)5)63-39(54)45-22-16-10-13-19-25-48-41(56)46(23-17-11-8-14-20-43)40(55)47(42(48)57)24-18-12-9-15-21-44-38(53)62-33(26-58-32(6)49)28-60-36(51)30(2)3/h7,33-34H,1-2,4,8-29,43H2,3,5-6H3,(H,44,53)(H,45,54). The lowest BCUT2D eigenvalue weighted by Crippen LogP contribution is -2.54. The van der Waals surface area contributed by atoms with Gasteiger partial charge in [-0.3, -0.25) is 4.79 Å². The van der Waals surface area contributed by atoms with E-state index in [2.05, 4.69) is 30.4 Å². The largest absolute Gasteiger partial charge is 0.462 e. The fourth-order valence-electron chi connectivity index (χ4n) is 5.55. The van der Waals surface area contributed by atoms with Gasteiger partial charge >= 0.3 is 53.1 Å². The van der Waals surface area contributed by atoms with Crippen molar-refractivity contribution in [1.82, 2.24) is 24.3 Å². The number of unbranched alkanes of at least 4 members (excludes halogenated alkanes) is 9. The number of carbonyl (C=O) groups excluding carboxylic acids is 6. The molecule has 0 saturated heterocycles. The number of hydrogen-bond donors (Lipinski definition) is 3. The van der Waals surface area contributed by atoms with Crippen LogP contribution in [0.3, 0.4) is 0 Å². The van der Waals surface area contributed by atoms with Gasteiger partial charge in [0.15, 0.2) is 12.2 Å². The topological polar surface area (TPSA) is 274 Å². The van der Waals surface area contributed by atoms with Gasteiger partial charge in [0.05, 0.1) is 0 Å². The molecule has 2 atom stereocenters. The highest BCUT2D eigenvalue weighted by Crippen LogP contribution is 2.06. The first kappa shape index (κ1) is 55.0. The number of nitrogens with zero attached hydrogens (tertiary/aromatic N) is 3. The molecule has 63 heavy (non-hydrogen) atoms. The van der Waals surface area contributed by atoms with Crippen LogP contribution in [0.2, 0.25) is 0 Å². The molecular formula is C42H66N6O15. The first-order valence-electron chi connectivity index (χ1n) is 21.1. The number of aromatic nitrogens is 3. The molecule has 2 amide bonds. The van der Waals surface area contributed by atoms with E-state index in [0.29, 0.717) is 64.3 Å². The van der Waals surface area contributed by atoms with Gasteiger partial charge in [0.1, 0.15) is 26.4 Å². The molecule has 0 fully saturated rings. The molecule has 0 aliphatic heterocycles. The van der Waals surface area contributed by atoms with Crippen molar-refractivity contribution in [2.45, 2.75) is 130 Å². The fraction of sp³-hybridized carbons (Fsp3) is 0.643. The van der Waals surface area contributed by atoms with Crippen molar-refractivity contribution in [3.8, 4) is 0 Å². The summed E-state index contributed by atoms with van der Waals surface area (Å²) >= 11 is 0. The summed E-state index contributed by atoms with van der Waals surface area (Å²) in [6, 6.07) is 0. The summed E-state index contributed by atoms with van der Waals surface area (Å²) in [6.45, 7) is 14.3. The Hall–Kier alpha value is -5.99. The van der Waals surface area contributed by atoms with Gasteiger partial charge in [-0.25, -0.2) is 52.1 Å². The molecule has 0 aliphatic rings. The lowest BCUT2D eigenvalue weighted by Gasteiger charge is -2.18. The Balaban J connectivity index is 2.75. The Morgan fingerprint density at radius 1 is 0.556 bits per heavy atom. The zero-order valence-electron chi connectivity index (χ0n) is 37.0. The summed E-state index contributed by atoms with van der Waals surface area (Å²) in [7, 11) is 0. The maximum atomic E-state index is 13.5. The molecule has 1 heterocycles. The van der Waals surface area contributed by atoms with E-state index in [9.17, 15) is 43.2 Å². The molecule has 0 saturated carbocycles. The van der Waals surface area contributed by atoms with Gasteiger partial charge in [0, 0.05) is 56.9 Å². The number of nitrogens with one attached hydrogen (secondary N) is 2. The van der Waals surface area contributed by atoms with Crippen LogP contribution in [0.25, 0.3) is 0 Å². The molecule has 21 nitrogen and oxygen atoms in total. The molecular weight excluding hydrogens is 828 g/mol. The van der Waals surface area contributed by atoms with Gasteiger partial charge in [0.2, 0.25) is 0 Å². The summed E-state index contributed by atoms with van der Waals surface area (Å²) in [5.74, 6) is -2.74.